The van der Waals surface area contributed by atoms with Crippen LogP contribution in [0, 0.1) is 34.5 Å². The van der Waals surface area contributed by atoms with Crippen LogP contribution in [0.25, 0.3) is 0 Å². The second kappa shape index (κ2) is 7.53. The first-order valence-corrected chi connectivity index (χ1v) is 14.1. The van der Waals surface area contributed by atoms with Crippen LogP contribution in [0.15, 0.2) is 36.8 Å². The normalized spacial score (nSPS) is 41.1. The van der Waals surface area contributed by atoms with Crippen LogP contribution in [0.4, 0.5) is 0 Å². The summed E-state index contributed by atoms with van der Waals surface area (Å²) in [6.07, 6.45) is 13.7. The molecule has 0 amide bonds. The second-order valence-electron chi connectivity index (χ2n) is 11.9. The van der Waals surface area contributed by atoms with Gasteiger partial charge in [0.15, 0.2) is 0 Å². The molecule has 2 aromatic rings. The van der Waals surface area contributed by atoms with Gasteiger partial charge in [-0.05, 0) is 92.9 Å². The van der Waals surface area contributed by atoms with E-state index in [4.69, 9.17) is 8.47 Å². The Kier molecular flexibility index (Phi) is 4.99. The number of hydrogen-bond acceptors (Lipinski definition) is 5. The molecule has 3 saturated carbocycles. The summed E-state index contributed by atoms with van der Waals surface area (Å²) in [6, 6.07) is 5.25. The molecule has 0 unspecified atom stereocenters. The van der Waals surface area contributed by atoms with Crippen molar-refractivity contribution >= 4 is 10.4 Å². The highest BCUT2D eigenvalue weighted by molar-refractivity contribution is 7.82. The van der Waals surface area contributed by atoms with Crippen LogP contribution in [0.2, 0.25) is 0 Å². The molecular weight excluding hydrogens is 450 g/mol. The molecule has 1 N–H and O–H groups in total. The lowest BCUT2D eigenvalue weighted by Crippen LogP contribution is -2.58. The van der Waals surface area contributed by atoms with Crippen LogP contribution in [-0.4, -0.2) is 24.2 Å². The molecule has 0 aromatic carbocycles. The van der Waals surface area contributed by atoms with Crippen molar-refractivity contribution in [2.45, 2.75) is 77.7 Å². The van der Waals surface area contributed by atoms with E-state index < -0.39 is 16.0 Å². The van der Waals surface area contributed by atoms with Gasteiger partial charge in [-0.2, -0.15) is 13.5 Å². The predicted molar refractivity (Wildman–Crippen MR) is 125 cm³/mol. The zero-order chi connectivity index (χ0) is 23.8. The smallest absolute Gasteiger partial charge is 0.282 e. The standard InChI is InChI=1S/C26H36N3O4S/c1-24-16-18-17-27-28-23(18)15-19(24)7-8-20-21(24)9-11-25(2)22(20)10-12-26(25,3)32-34(30,31)33-29-13-5-4-6-14-29/h4-6,13-14,17,19-22H,7-12,15-16H2,1-3H3,(H,27,28)/q+1/t19-,20+,21-,22-,24-,25-,26-/m0/s1. The fourth-order valence-corrected chi connectivity index (χ4v) is 9.68. The van der Waals surface area contributed by atoms with Gasteiger partial charge in [0.1, 0.15) is 0 Å². The molecule has 0 bridgehead atoms. The van der Waals surface area contributed by atoms with Gasteiger partial charge >= 0.3 is 10.4 Å². The van der Waals surface area contributed by atoms with Crippen molar-refractivity contribution in [3.63, 3.8) is 0 Å². The summed E-state index contributed by atoms with van der Waals surface area (Å²) in [6.45, 7) is 6.79. The average Bonchev–Trinajstić information content (AvgIpc) is 3.33. The van der Waals surface area contributed by atoms with Crippen LogP contribution < -0.4 is 9.01 Å². The molecule has 0 aliphatic heterocycles. The molecule has 3 fully saturated rings. The largest absolute Gasteiger partial charge is 0.503 e. The van der Waals surface area contributed by atoms with E-state index in [-0.39, 0.29) is 5.41 Å². The van der Waals surface area contributed by atoms with Crippen molar-refractivity contribution in [2.75, 3.05) is 0 Å². The molecule has 2 heterocycles. The monoisotopic (exact) mass is 486 g/mol. The molecule has 4 aliphatic rings. The highest BCUT2D eigenvalue weighted by atomic mass is 32.3. The van der Waals surface area contributed by atoms with Gasteiger partial charge in [0.25, 0.3) is 0 Å². The number of hydrogen-bond donors (Lipinski definition) is 1. The first-order chi connectivity index (χ1) is 16.1. The summed E-state index contributed by atoms with van der Waals surface area (Å²) >= 11 is 0. The molecule has 0 spiro atoms. The first kappa shape index (κ1) is 22.5. The third-order valence-corrected chi connectivity index (χ3v) is 11.5. The van der Waals surface area contributed by atoms with E-state index in [0.29, 0.717) is 29.1 Å². The highest BCUT2D eigenvalue weighted by Gasteiger charge is 2.65. The Hall–Kier alpha value is -1.93. The molecular formula is C26H36N3O4S+. The number of aromatic nitrogens is 3. The summed E-state index contributed by atoms with van der Waals surface area (Å²) in [4.78, 5) is 0. The Morgan fingerprint density at radius 1 is 1.03 bits per heavy atom. The van der Waals surface area contributed by atoms with Crippen molar-refractivity contribution in [2.24, 2.45) is 34.5 Å². The van der Waals surface area contributed by atoms with Gasteiger partial charge in [0.05, 0.1) is 11.8 Å². The summed E-state index contributed by atoms with van der Waals surface area (Å²) in [5, 5.41) is 7.57. The Balaban J connectivity index is 1.25. The topological polar surface area (TPSA) is 85.2 Å². The molecule has 0 saturated heterocycles. The van der Waals surface area contributed by atoms with Crippen LogP contribution in [0.1, 0.15) is 70.6 Å². The second-order valence-corrected chi connectivity index (χ2v) is 13.1. The highest BCUT2D eigenvalue weighted by Crippen LogP contribution is 2.68. The van der Waals surface area contributed by atoms with Gasteiger partial charge in [-0.25, -0.2) is 4.18 Å². The minimum Gasteiger partial charge on any atom is -0.282 e. The lowest BCUT2D eigenvalue weighted by atomic mass is 9.44. The molecule has 2 aromatic heterocycles. The summed E-state index contributed by atoms with van der Waals surface area (Å²) in [5.74, 6) is 2.46. The van der Waals surface area contributed by atoms with Crippen molar-refractivity contribution in [3.8, 4) is 0 Å². The predicted octanol–water partition coefficient (Wildman–Crippen LogP) is 3.80. The van der Waals surface area contributed by atoms with E-state index >= 15 is 0 Å². The lowest BCUT2D eigenvalue weighted by Gasteiger charge is -2.61. The Bertz CT molecular complexity index is 1180. The third-order valence-electron chi connectivity index (χ3n) is 10.6. The molecule has 34 heavy (non-hydrogen) atoms. The number of nitrogens with one attached hydrogen (secondary N) is 1. The minimum atomic E-state index is -4.20. The first-order valence-electron chi connectivity index (χ1n) is 12.8. The van der Waals surface area contributed by atoms with E-state index in [1.807, 2.05) is 19.2 Å². The SMILES string of the molecule is C[C@]12Cc3cn[nH]c3C[C@@H]1CC[C@@H]1[C@@H]2CC[C@@]2(C)[C@H]1CC[C@]2(C)OS(=O)(=O)O[n+]1ccccc1. The maximum absolute atomic E-state index is 12.9. The summed E-state index contributed by atoms with van der Waals surface area (Å²) in [5.41, 5.74) is 2.07. The molecule has 7 atom stereocenters. The molecule has 7 nitrogen and oxygen atoms in total. The zero-order valence-corrected chi connectivity index (χ0v) is 21.2. The number of nitrogens with zero attached hydrogens (tertiary/aromatic N) is 2. The number of H-pyrrole nitrogens is 1. The van der Waals surface area contributed by atoms with Gasteiger partial charge in [0, 0.05) is 28.0 Å². The van der Waals surface area contributed by atoms with E-state index in [0.717, 1.165) is 38.5 Å². The maximum Gasteiger partial charge on any atom is 0.503 e. The Morgan fingerprint density at radius 2 is 1.79 bits per heavy atom. The quantitative estimate of drug-likeness (QED) is 0.665. The summed E-state index contributed by atoms with van der Waals surface area (Å²) < 4.78 is 38.2. The van der Waals surface area contributed by atoms with Crippen molar-refractivity contribution in [1.82, 2.24) is 10.2 Å². The fourth-order valence-electron chi connectivity index (χ4n) is 8.61. The number of rotatable bonds is 4. The number of fused-ring (bicyclic) bond motifs is 6. The van der Waals surface area contributed by atoms with E-state index in [9.17, 15) is 8.42 Å². The van der Waals surface area contributed by atoms with Crippen LogP contribution in [0.5, 0.6) is 0 Å². The molecule has 4 aliphatic carbocycles. The molecule has 184 valence electrons. The van der Waals surface area contributed by atoms with Gasteiger partial charge in [-0.15, -0.1) is 4.28 Å². The fraction of sp³-hybridized carbons (Fsp3) is 0.692. The Morgan fingerprint density at radius 3 is 2.59 bits per heavy atom. The van der Waals surface area contributed by atoms with E-state index in [2.05, 4.69) is 24.0 Å². The Labute approximate surface area is 202 Å². The molecule has 6 rings (SSSR count). The van der Waals surface area contributed by atoms with Crippen LogP contribution in [0.3, 0.4) is 0 Å². The zero-order valence-electron chi connectivity index (χ0n) is 20.4. The number of aromatic amines is 1. The lowest BCUT2D eigenvalue weighted by molar-refractivity contribution is -0.857. The summed E-state index contributed by atoms with van der Waals surface area (Å²) in [7, 11) is -4.20. The van der Waals surface area contributed by atoms with Gasteiger partial charge in [-0.1, -0.05) is 19.9 Å². The average molecular weight is 487 g/mol. The van der Waals surface area contributed by atoms with E-state index in [1.54, 1.807) is 24.5 Å². The van der Waals surface area contributed by atoms with Crippen molar-refractivity contribution in [3.05, 3.63) is 48.0 Å². The van der Waals surface area contributed by atoms with Crippen LogP contribution in [-0.2, 0) is 27.4 Å². The maximum atomic E-state index is 12.9. The van der Waals surface area contributed by atoms with Crippen molar-refractivity contribution < 1.29 is 21.6 Å². The number of pyridine rings is 1. The minimum absolute atomic E-state index is 0.190. The molecule has 8 heteroatoms. The van der Waals surface area contributed by atoms with Gasteiger partial charge < -0.3 is 0 Å². The van der Waals surface area contributed by atoms with Crippen molar-refractivity contribution in [1.29, 1.82) is 0 Å². The van der Waals surface area contributed by atoms with E-state index in [1.165, 1.54) is 28.8 Å². The van der Waals surface area contributed by atoms with Crippen LogP contribution >= 0.6 is 0 Å². The van der Waals surface area contributed by atoms with Gasteiger partial charge in [0.2, 0.25) is 12.4 Å². The third kappa shape index (κ3) is 3.28. The van der Waals surface area contributed by atoms with Gasteiger partial charge in [-0.3, -0.25) is 5.10 Å². The molecule has 0 radical (unpaired) electrons.